The molecule has 2 heterocycles. The van der Waals surface area contributed by atoms with Crippen molar-refractivity contribution >= 4 is 16.7 Å². The summed E-state index contributed by atoms with van der Waals surface area (Å²) in [5.74, 6) is -1.25. The summed E-state index contributed by atoms with van der Waals surface area (Å²) < 4.78 is 1.76. The van der Waals surface area contributed by atoms with Crippen LogP contribution in [0.1, 0.15) is 28.2 Å². The third kappa shape index (κ3) is 4.56. The summed E-state index contributed by atoms with van der Waals surface area (Å²) in [4.78, 5) is 22.5. The van der Waals surface area contributed by atoms with Gasteiger partial charge in [0.25, 0.3) is 0 Å². The van der Waals surface area contributed by atoms with Crippen molar-refractivity contribution in [3.05, 3.63) is 96.1 Å². The number of rotatable bonds is 7. The molecule has 0 spiro atoms. The highest BCUT2D eigenvalue weighted by molar-refractivity contribution is 6.07. The number of para-hydroxylation sites is 1. The Hall–Kier alpha value is -4.85. The average molecular weight is 482 g/mol. The number of carbonyl (C=O) groups excluding carboxylic acids is 1. The SMILES string of the molecule is O=C(c1ccc(O)c(O)c1)c1nc(-c2cnc3ccccc3c2)cn1CCCc1ccc(O)c(O)c1. The Bertz CT molecular complexity index is 1590. The second-order valence-electron chi connectivity index (χ2n) is 8.52. The number of hydrogen-bond donors (Lipinski definition) is 4. The number of imidazole rings is 1. The highest BCUT2D eigenvalue weighted by Crippen LogP contribution is 2.28. The summed E-state index contributed by atoms with van der Waals surface area (Å²) in [6.45, 7) is 0.459. The lowest BCUT2D eigenvalue weighted by molar-refractivity contribution is 0.102. The van der Waals surface area contributed by atoms with Crippen LogP contribution in [0.25, 0.3) is 22.2 Å². The Morgan fingerprint density at radius 1 is 0.833 bits per heavy atom. The number of pyridine rings is 1. The Morgan fingerprint density at radius 2 is 1.58 bits per heavy atom. The van der Waals surface area contributed by atoms with E-state index in [1.165, 1.54) is 30.3 Å². The fourth-order valence-electron chi connectivity index (χ4n) is 4.09. The van der Waals surface area contributed by atoms with Gasteiger partial charge in [0.2, 0.25) is 5.78 Å². The van der Waals surface area contributed by atoms with Gasteiger partial charge in [-0.05, 0) is 60.9 Å². The molecule has 0 amide bonds. The first-order valence-corrected chi connectivity index (χ1v) is 11.4. The Kier molecular flexibility index (Phi) is 6.00. The van der Waals surface area contributed by atoms with Crippen LogP contribution in [-0.2, 0) is 13.0 Å². The average Bonchev–Trinajstić information content (AvgIpc) is 3.31. The minimum absolute atomic E-state index is 0.174. The van der Waals surface area contributed by atoms with E-state index in [1.807, 2.05) is 30.3 Å². The summed E-state index contributed by atoms with van der Waals surface area (Å²) in [5.41, 5.74) is 3.25. The molecule has 4 N–H and O–H groups in total. The lowest BCUT2D eigenvalue weighted by Gasteiger charge is -2.08. The summed E-state index contributed by atoms with van der Waals surface area (Å²) >= 11 is 0. The summed E-state index contributed by atoms with van der Waals surface area (Å²) in [6.07, 6.45) is 4.76. The Labute approximate surface area is 206 Å². The summed E-state index contributed by atoms with van der Waals surface area (Å²) in [7, 11) is 0. The second-order valence-corrected chi connectivity index (χ2v) is 8.52. The third-order valence-electron chi connectivity index (χ3n) is 6.01. The van der Waals surface area contributed by atoms with Gasteiger partial charge in [-0.25, -0.2) is 4.98 Å². The fraction of sp³-hybridized carbons (Fsp3) is 0.107. The lowest BCUT2D eigenvalue weighted by Crippen LogP contribution is -2.12. The molecule has 0 unspecified atom stereocenters. The zero-order chi connectivity index (χ0) is 25.2. The maximum Gasteiger partial charge on any atom is 0.228 e. The first-order valence-electron chi connectivity index (χ1n) is 11.4. The minimum atomic E-state index is -0.396. The van der Waals surface area contributed by atoms with Gasteiger partial charge in [0.1, 0.15) is 0 Å². The molecular formula is C28H23N3O5. The molecule has 3 aromatic carbocycles. The molecule has 0 radical (unpaired) electrons. The molecule has 5 aromatic rings. The Morgan fingerprint density at radius 3 is 2.36 bits per heavy atom. The lowest BCUT2D eigenvalue weighted by atomic mass is 10.1. The molecule has 36 heavy (non-hydrogen) atoms. The second kappa shape index (κ2) is 9.42. The largest absolute Gasteiger partial charge is 0.504 e. The molecule has 8 nitrogen and oxygen atoms in total. The number of ketones is 1. The van der Waals surface area contributed by atoms with Crippen LogP contribution in [0.5, 0.6) is 23.0 Å². The first-order chi connectivity index (χ1) is 17.4. The number of phenols is 4. The van der Waals surface area contributed by atoms with Gasteiger partial charge in [-0.1, -0.05) is 24.3 Å². The molecule has 0 fully saturated rings. The van der Waals surface area contributed by atoms with Crippen molar-refractivity contribution in [1.29, 1.82) is 0 Å². The zero-order valence-corrected chi connectivity index (χ0v) is 19.2. The van der Waals surface area contributed by atoms with E-state index in [9.17, 15) is 25.2 Å². The summed E-state index contributed by atoms with van der Waals surface area (Å²) in [6, 6.07) is 18.3. The standard InChI is InChI=1S/C28H23N3O5/c32-23-9-7-17(12-25(23)34)4-3-11-31-16-22(20-13-18-5-1-2-6-21(18)29-15-20)30-28(31)27(36)19-8-10-24(33)26(35)14-19/h1-2,5-10,12-16,32-35H,3-4,11H2. The first kappa shape index (κ1) is 22.9. The molecule has 0 aliphatic carbocycles. The normalized spacial score (nSPS) is 11.1. The molecule has 5 rings (SSSR count). The highest BCUT2D eigenvalue weighted by Gasteiger charge is 2.20. The van der Waals surface area contributed by atoms with Gasteiger partial charge in [0, 0.05) is 35.5 Å². The van der Waals surface area contributed by atoms with Crippen LogP contribution in [0.2, 0.25) is 0 Å². The molecule has 0 saturated heterocycles. The molecule has 0 aliphatic heterocycles. The van der Waals surface area contributed by atoms with Gasteiger partial charge in [0.05, 0.1) is 11.2 Å². The quantitative estimate of drug-likeness (QED) is 0.194. The van der Waals surface area contributed by atoms with Gasteiger partial charge in [-0.2, -0.15) is 0 Å². The maximum absolute atomic E-state index is 13.4. The maximum atomic E-state index is 13.4. The predicted molar refractivity (Wildman–Crippen MR) is 134 cm³/mol. The molecule has 2 aromatic heterocycles. The van der Waals surface area contributed by atoms with Crippen molar-refractivity contribution in [2.45, 2.75) is 19.4 Å². The van der Waals surface area contributed by atoms with Crippen LogP contribution in [0.15, 0.2) is 79.1 Å². The van der Waals surface area contributed by atoms with Crippen molar-refractivity contribution in [2.75, 3.05) is 0 Å². The van der Waals surface area contributed by atoms with Crippen LogP contribution in [0.4, 0.5) is 0 Å². The molecule has 0 saturated carbocycles. The van der Waals surface area contributed by atoms with Gasteiger partial charge in [0.15, 0.2) is 28.8 Å². The smallest absolute Gasteiger partial charge is 0.228 e. The number of nitrogens with zero attached hydrogens (tertiary/aromatic N) is 3. The number of phenolic OH excluding ortho intramolecular Hbond substituents is 4. The van der Waals surface area contributed by atoms with E-state index in [1.54, 1.807) is 23.0 Å². The van der Waals surface area contributed by atoms with E-state index >= 15 is 0 Å². The van der Waals surface area contributed by atoms with Crippen LogP contribution in [0.3, 0.4) is 0 Å². The van der Waals surface area contributed by atoms with Crippen LogP contribution >= 0.6 is 0 Å². The predicted octanol–water partition coefficient (Wildman–Crippen LogP) is 4.78. The highest BCUT2D eigenvalue weighted by atomic mass is 16.3. The van der Waals surface area contributed by atoms with Crippen molar-refractivity contribution in [2.24, 2.45) is 0 Å². The van der Waals surface area contributed by atoms with Crippen LogP contribution < -0.4 is 0 Å². The number of benzene rings is 3. The zero-order valence-electron chi connectivity index (χ0n) is 19.2. The topological polar surface area (TPSA) is 129 Å². The van der Waals surface area contributed by atoms with E-state index in [-0.39, 0.29) is 34.4 Å². The van der Waals surface area contributed by atoms with Crippen molar-refractivity contribution in [1.82, 2.24) is 14.5 Å². The third-order valence-corrected chi connectivity index (χ3v) is 6.01. The van der Waals surface area contributed by atoms with Gasteiger partial charge < -0.3 is 25.0 Å². The molecule has 0 aliphatic rings. The molecule has 8 heteroatoms. The molecule has 0 atom stereocenters. The van der Waals surface area contributed by atoms with Crippen molar-refractivity contribution in [3.8, 4) is 34.3 Å². The van der Waals surface area contributed by atoms with E-state index in [0.29, 0.717) is 25.1 Å². The van der Waals surface area contributed by atoms with E-state index in [4.69, 9.17) is 0 Å². The van der Waals surface area contributed by atoms with Gasteiger partial charge >= 0.3 is 0 Å². The number of hydrogen-bond acceptors (Lipinski definition) is 7. The fourth-order valence-corrected chi connectivity index (χ4v) is 4.09. The van der Waals surface area contributed by atoms with E-state index < -0.39 is 5.78 Å². The number of fused-ring (bicyclic) bond motifs is 1. The minimum Gasteiger partial charge on any atom is -0.504 e. The number of carbonyl (C=O) groups is 1. The Balaban J connectivity index is 1.48. The van der Waals surface area contributed by atoms with E-state index in [0.717, 1.165) is 22.0 Å². The monoisotopic (exact) mass is 481 g/mol. The molecule has 180 valence electrons. The number of aromatic nitrogens is 3. The molecular weight excluding hydrogens is 458 g/mol. The van der Waals surface area contributed by atoms with Crippen molar-refractivity contribution < 1.29 is 25.2 Å². The molecule has 0 bridgehead atoms. The summed E-state index contributed by atoms with van der Waals surface area (Å²) in [5, 5.41) is 39.7. The van der Waals surface area contributed by atoms with Gasteiger partial charge in [-0.15, -0.1) is 0 Å². The van der Waals surface area contributed by atoms with Gasteiger partial charge in [-0.3, -0.25) is 9.78 Å². The van der Waals surface area contributed by atoms with Crippen LogP contribution in [0, 0.1) is 0 Å². The number of aryl methyl sites for hydroxylation is 2. The van der Waals surface area contributed by atoms with E-state index in [2.05, 4.69) is 9.97 Å². The van der Waals surface area contributed by atoms with Crippen LogP contribution in [-0.4, -0.2) is 40.7 Å². The van der Waals surface area contributed by atoms with Crippen molar-refractivity contribution in [3.63, 3.8) is 0 Å². The number of aromatic hydroxyl groups is 4.